The average molecular weight is 352 g/mol. The number of carbonyl (C=O) groups is 1. The Bertz CT molecular complexity index is 777. The molecule has 0 aliphatic rings. The molecular weight excluding hydrogens is 338 g/mol. The van der Waals surface area contributed by atoms with E-state index < -0.39 is 16.6 Å². The number of carbonyl (C=O) groups excluding carboxylic acids is 1. The van der Waals surface area contributed by atoms with Crippen LogP contribution in [0.1, 0.15) is 15.9 Å². The zero-order valence-corrected chi connectivity index (χ0v) is 13.7. The second-order valence-corrected chi connectivity index (χ2v) is 5.06. The van der Waals surface area contributed by atoms with Crippen LogP contribution < -0.4 is 9.47 Å². The van der Waals surface area contributed by atoms with E-state index in [4.69, 9.17) is 25.8 Å². The smallest absolute Gasteiger partial charge is 0.345 e. The zero-order valence-electron chi connectivity index (χ0n) is 12.9. The Morgan fingerprint density at radius 2 is 1.79 bits per heavy atom. The number of hydrogen-bond acceptors (Lipinski definition) is 6. The number of rotatable bonds is 6. The monoisotopic (exact) mass is 351 g/mol. The minimum absolute atomic E-state index is 0.107. The molecule has 0 saturated carbocycles. The van der Waals surface area contributed by atoms with Gasteiger partial charge in [0, 0.05) is 16.7 Å². The van der Waals surface area contributed by atoms with E-state index >= 15 is 0 Å². The fourth-order valence-electron chi connectivity index (χ4n) is 2.02. The highest BCUT2D eigenvalue weighted by Gasteiger charge is 2.25. The normalized spacial score (nSPS) is 10.1. The third-order valence-corrected chi connectivity index (χ3v) is 3.60. The fraction of sp³-hybridized carbons (Fsp3) is 0.188. The van der Waals surface area contributed by atoms with Gasteiger partial charge in [0.05, 0.1) is 25.2 Å². The van der Waals surface area contributed by atoms with Crippen molar-refractivity contribution in [1.29, 1.82) is 0 Å². The molecule has 0 aromatic heterocycles. The second kappa shape index (κ2) is 7.65. The molecule has 0 amide bonds. The van der Waals surface area contributed by atoms with Crippen molar-refractivity contribution in [1.82, 2.24) is 0 Å². The first-order chi connectivity index (χ1) is 11.5. The largest absolute Gasteiger partial charge is 0.493 e. The van der Waals surface area contributed by atoms with Gasteiger partial charge in [-0.05, 0) is 6.07 Å². The number of nitro benzene ring substituents is 1. The summed E-state index contributed by atoms with van der Waals surface area (Å²) in [5.41, 5.74) is -0.0721. The summed E-state index contributed by atoms with van der Waals surface area (Å²) in [5.74, 6) is -0.526. The molecule has 8 heteroatoms. The Morgan fingerprint density at radius 3 is 2.38 bits per heavy atom. The van der Waals surface area contributed by atoms with Gasteiger partial charge < -0.3 is 14.2 Å². The molecule has 2 rings (SSSR count). The summed E-state index contributed by atoms with van der Waals surface area (Å²) in [6.07, 6.45) is 0. The van der Waals surface area contributed by atoms with Gasteiger partial charge in [-0.3, -0.25) is 10.1 Å². The van der Waals surface area contributed by atoms with Crippen molar-refractivity contribution in [2.24, 2.45) is 0 Å². The Morgan fingerprint density at radius 1 is 1.17 bits per heavy atom. The van der Waals surface area contributed by atoms with Gasteiger partial charge in [-0.15, -0.1) is 0 Å². The highest BCUT2D eigenvalue weighted by atomic mass is 35.5. The minimum Gasteiger partial charge on any atom is -0.493 e. The topological polar surface area (TPSA) is 87.9 Å². The molecule has 0 bridgehead atoms. The van der Waals surface area contributed by atoms with Crippen molar-refractivity contribution in [3.05, 3.63) is 62.7 Å². The highest BCUT2D eigenvalue weighted by molar-refractivity contribution is 6.31. The van der Waals surface area contributed by atoms with E-state index in [-0.39, 0.29) is 23.7 Å². The van der Waals surface area contributed by atoms with Gasteiger partial charge in [-0.1, -0.05) is 29.8 Å². The molecule has 24 heavy (non-hydrogen) atoms. The summed E-state index contributed by atoms with van der Waals surface area (Å²) in [6.45, 7) is -0.107. The Kier molecular flexibility index (Phi) is 5.59. The van der Waals surface area contributed by atoms with E-state index in [2.05, 4.69) is 0 Å². The van der Waals surface area contributed by atoms with Crippen LogP contribution in [0.2, 0.25) is 5.02 Å². The second-order valence-electron chi connectivity index (χ2n) is 4.65. The molecule has 0 aliphatic carbocycles. The molecule has 2 aromatic rings. The lowest BCUT2D eigenvalue weighted by Crippen LogP contribution is -2.09. The van der Waals surface area contributed by atoms with Crippen molar-refractivity contribution >= 4 is 23.3 Å². The van der Waals surface area contributed by atoms with Crippen molar-refractivity contribution < 1.29 is 23.9 Å². The van der Waals surface area contributed by atoms with Crippen molar-refractivity contribution in [2.45, 2.75) is 6.61 Å². The van der Waals surface area contributed by atoms with E-state index in [1.807, 2.05) is 0 Å². The molecule has 2 aromatic carbocycles. The predicted octanol–water partition coefficient (Wildman–Crippen LogP) is 3.62. The van der Waals surface area contributed by atoms with Gasteiger partial charge in [0.15, 0.2) is 11.5 Å². The number of ether oxygens (including phenoxy) is 3. The van der Waals surface area contributed by atoms with E-state index in [0.717, 1.165) is 6.07 Å². The molecule has 0 aliphatic heterocycles. The quantitative estimate of drug-likeness (QED) is 0.448. The summed E-state index contributed by atoms with van der Waals surface area (Å²) in [7, 11) is 2.71. The molecule has 0 spiro atoms. The summed E-state index contributed by atoms with van der Waals surface area (Å²) < 4.78 is 15.2. The van der Waals surface area contributed by atoms with Crippen LogP contribution in [0.4, 0.5) is 5.69 Å². The van der Waals surface area contributed by atoms with E-state index in [9.17, 15) is 14.9 Å². The maximum Gasteiger partial charge on any atom is 0.345 e. The summed E-state index contributed by atoms with van der Waals surface area (Å²) >= 11 is 5.99. The van der Waals surface area contributed by atoms with E-state index in [1.165, 1.54) is 20.3 Å². The van der Waals surface area contributed by atoms with Crippen LogP contribution in [-0.2, 0) is 11.3 Å². The number of esters is 1. The third kappa shape index (κ3) is 3.75. The van der Waals surface area contributed by atoms with Crippen molar-refractivity contribution in [2.75, 3.05) is 14.2 Å². The van der Waals surface area contributed by atoms with E-state index in [0.29, 0.717) is 10.6 Å². The van der Waals surface area contributed by atoms with Gasteiger partial charge in [-0.2, -0.15) is 0 Å². The van der Waals surface area contributed by atoms with Crippen molar-refractivity contribution in [3.63, 3.8) is 0 Å². The van der Waals surface area contributed by atoms with Gasteiger partial charge in [-0.25, -0.2) is 4.79 Å². The predicted molar refractivity (Wildman–Crippen MR) is 86.8 cm³/mol. The van der Waals surface area contributed by atoms with E-state index in [1.54, 1.807) is 24.3 Å². The Balaban J connectivity index is 2.30. The van der Waals surface area contributed by atoms with Gasteiger partial charge in [0.1, 0.15) is 12.2 Å². The molecular formula is C16H14ClNO6. The van der Waals surface area contributed by atoms with Crippen LogP contribution in [0.15, 0.2) is 36.4 Å². The van der Waals surface area contributed by atoms with Crippen LogP contribution in [-0.4, -0.2) is 25.1 Å². The first kappa shape index (κ1) is 17.6. The summed E-state index contributed by atoms with van der Waals surface area (Å²) in [5, 5.41) is 11.6. The molecule has 126 valence electrons. The molecule has 0 radical (unpaired) electrons. The lowest BCUT2D eigenvalue weighted by Gasteiger charge is -2.11. The van der Waals surface area contributed by atoms with Crippen molar-refractivity contribution in [3.8, 4) is 11.5 Å². The molecule has 0 heterocycles. The first-order valence-corrected chi connectivity index (χ1v) is 7.16. The number of nitro groups is 1. The molecule has 0 fully saturated rings. The number of hydrogen-bond donors (Lipinski definition) is 0. The molecule has 0 N–H and O–H groups in total. The Labute approximate surface area is 142 Å². The van der Waals surface area contributed by atoms with Gasteiger partial charge in [0.25, 0.3) is 5.69 Å². The SMILES string of the molecule is COc1cc(C(=O)OCc2ccccc2Cl)c([N+](=O)[O-])cc1OC. The minimum atomic E-state index is -0.859. The van der Waals surface area contributed by atoms with Crippen LogP contribution in [0.3, 0.4) is 0 Å². The Hall–Kier alpha value is -2.80. The standard InChI is InChI=1S/C16H14ClNO6/c1-22-14-7-11(13(18(20)21)8-15(14)23-2)16(19)24-9-10-5-3-4-6-12(10)17/h3-8H,9H2,1-2H3. The molecule has 0 saturated heterocycles. The number of methoxy groups -OCH3 is 2. The zero-order chi connectivity index (χ0) is 17.7. The fourth-order valence-corrected chi connectivity index (χ4v) is 2.21. The van der Waals surface area contributed by atoms with Gasteiger partial charge in [0.2, 0.25) is 0 Å². The lowest BCUT2D eigenvalue weighted by molar-refractivity contribution is -0.385. The number of halogens is 1. The van der Waals surface area contributed by atoms with Crippen LogP contribution in [0.25, 0.3) is 0 Å². The highest BCUT2D eigenvalue weighted by Crippen LogP contribution is 2.35. The maximum absolute atomic E-state index is 12.3. The average Bonchev–Trinajstić information content (AvgIpc) is 2.59. The molecule has 0 atom stereocenters. The van der Waals surface area contributed by atoms with Crippen LogP contribution in [0, 0.1) is 10.1 Å². The lowest BCUT2D eigenvalue weighted by atomic mass is 10.1. The number of benzene rings is 2. The maximum atomic E-state index is 12.3. The van der Waals surface area contributed by atoms with Gasteiger partial charge >= 0.3 is 5.97 Å². The molecule has 0 unspecified atom stereocenters. The van der Waals surface area contributed by atoms with Crippen LogP contribution in [0.5, 0.6) is 11.5 Å². The number of nitrogens with zero attached hydrogens (tertiary/aromatic N) is 1. The first-order valence-electron chi connectivity index (χ1n) is 6.79. The summed E-state index contributed by atoms with van der Waals surface area (Å²) in [6, 6.07) is 9.17. The third-order valence-electron chi connectivity index (χ3n) is 3.24. The summed E-state index contributed by atoms with van der Waals surface area (Å²) in [4.78, 5) is 22.8. The molecule has 7 nitrogen and oxygen atoms in total. The van der Waals surface area contributed by atoms with Crippen LogP contribution >= 0.6 is 11.6 Å².